The number of nitrogen functional groups attached to an aromatic ring is 1. The van der Waals surface area contributed by atoms with Crippen molar-refractivity contribution in [2.45, 2.75) is 68.9 Å². The molecule has 1 aliphatic rings. The molecular weight excluding hydrogens is 424 g/mol. The zero-order valence-electron chi connectivity index (χ0n) is 17.3. The van der Waals surface area contributed by atoms with Gasteiger partial charge in [0, 0.05) is 28.9 Å². The molecule has 1 fully saturated rings. The minimum absolute atomic E-state index is 0.143. The number of nitrogens with two attached hydrogens (primary N) is 2. The van der Waals surface area contributed by atoms with Crippen molar-refractivity contribution in [1.82, 2.24) is 9.71 Å². The molecule has 2 aromatic rings. The normalized spacial score (nSPS) is 20.1. The van der Waals surface area contributed by atoms with Gasteiger partial charge in [0.1, 0.15) is 6.10 Å². The average Bonchev–Trinajstić information content (AvgIpc) is 3.09. The number of aromatic nitrogens is 1. The number of anilines is 1. The van der Waals surface area contributed by atoms with Crippen molar-refractivity contribution >= 4 is 33.1 Å². The summed E-state index contributed by atoms with van der Waals surface area (Å²) in [5.41, 5.74) is 11.3. The van der Waals surface area contributed by atoms with Crippen molar-refractivity contribution in [2.24, 2.45) is 5.73 Å². The van der Waals surface area contributed by atoms with Crippen LogP contribution in [0.1, 0.15) is 57.4 Å². The van der Waals surface area contributed by atoms with Gasteiger partial charge in [-0.3, -0.25) is 0 Å². The fraction of sp³-hybridized carbons (Fsp3) is 0.500. The summed E-state index contributed by atoms with van der Waals surface area (Å²) in [6, 6.07) is 4.90. The molecule has 1 amide bonds. The summed E-state index contributed by atoms with van der Waals surface area (Å²) in [5.74, 6) is 0.248. The molecule has 0 aliphatic heterocycles. The Morgan fingerprint density at radius 2 is 1.90 bits per heavy atom. The smallest absolute Gasteiger partial charge is 0.404 e. The lowest BCUT2D eigenvalue weighted by Gasteiger charge is -2.26. The molecular formula is C20H28N4O4S2. The molecule has 1 saturated carbocycles. The van der Waals surface area contributed by atoms with Crippen LogP contribution in [-0.4, -0.2) is 31.1 Å². The van der Waals surface area contributed by atoms with Crippen molar-refractivity contribution in [3.63, 3.8) is 0 Å². The lowest BCUT2D eigenvalue weighted by Crippen LogP contribution is -2.40. The van der Waals surface area contributed by atoms with Crippen molar-refractivity contribution in [3.8, 4) is 10.4 Å². The van der Waals surface area contributed by atoms with Crippen LogP contribution >= 0.6 is 11.3 Å². The molecule has 0 unspecified atom stereocenters. The highest BCUT2D eigenvalue weighted by Gasteiger charge is 2.28. The average molecular weight is 453 g/mol. The van der Waals surface area contributed by atoms with Gasteiger partial charge in [0.05, 0.1) is 14.8 Å². The first-order chi connectivity index (χ1) is 13.9. The Bertz CT molecular complexity index is 1020. The Kier molecular flexibility index (Phi) is 6.40. The number of ether oxygens (including phenoxy) is 1. The van der Waals surface area contributed by atoms with Crippen molar-refractivity contribution in [1.29, 1.82) is 0 Å². The van der Waals surface area contributed by atoms with E-state index in [2.05, 4.69) is 9.71 Å². The summed E-state index contributed by atoms with van der Waals surface area (Å²) >= 11 is 1.49. The number of carbonyl (C=O) groups is 1. The largest absolute Gasteiger partial charge is 0.446 e. The van der Waals surface area contributed by atoms with Gasteiger partial charge in [0.2, 0.25) is 10.0 Å². The minimum Gasteiger partial charge on any atom is -0.446 e. The number of primary amides is 1. The number of rotatable bonds is 5. The summed E-state index contributed by atoms with van der Waals surface area (Å²) in [4.78, 5) is 16.4. The van der Waals surface area contributed by atoms with Crippen LogP contribution in [0.4, 0.5) is 10.5 Å². The number of carbonyl (C=O) groups excluding carboxylic acids is 1. The number of amides is 1. The Morgan fingerprint density at radius 3 is 2.50 bits per heavy atom. The Labute approximate surface area is 181 Å². The second-order valence-corrected chi connectivity index (χ2v) is 11.3. The molecule has 0 saturated heterocycles. The SMILES string of the molecule is CC(C)(C)NS(=O)(=O)c1cc(N)ccc1-c1cnc([C@H]2CC[C@H](OC(N)=O)CC2)s1. The topological polar surface area (TPSA) is 137 Å². The van der Waals surface area contributed by atoms with E-state index < -0.39 is 21.7 Å². The zero-order chi connectivity index (χ0) is 22.1. The molecule has 164 valence electrons. The van der Waals surface area contributed by atoms with Crippen LogP contribution in [0.5, 0.6) is 0 Å². The quantitative estimate of drug-likeness (QED) is 0.593. The number of nitrogens with zero attached hydrogens (tertiary/aromatic N) is 1. The molecule has 10 heteroatoms. The van der Waals surface area contributed by atoms with E-state index in [1.165, 1.54) is 17.4 Å². The molecule has 0 bridgehead atoms. The number of thiazole rings is 1. The summed E-state index contributed by atoms with van der Waals surface area (Å²) in [6.45, 7) is 5.37. The van der Waals surface area contributed by atoms with Gasteiger partial charge in [-0.25, -0.2) is 22.9 Å². The molecule has 30 heavy (non-hydrogen) atoms. The number of nitrogens with one attached hydrogen (secondary N) is 1. The molecule has 0 atom stereocenters. The molecule has 3 rings (SSSR count). The number of hydrogen-bond acceptors (Lipinski definition) is 7. The molecule has 1 heterocycles. The molecule has 1 aromatic carbocycles. The van der Waals surface area contributed by atoms with Crippen molar-refractivity contribution < 1.29 is 17.9 Å². The highest BCUT2D eigenvalue weighted by molar-refractivity contribution is 7.89. The first kappa shape index (κ1) is 22.5. The fourth-order valence-corrected chi connectivity index (χ4v) is 6.48. The highest BCUT2D eigenvalue weighted by atomic mass is 32.2. The van der Waals surface area contributed by atoms with Gasteiger partial charge in [0.25, 0.3) is 0 Å². The lowest BCUT2D eigenvalue weighted by atomic mass is 9.88. The molecule has 1 aromatic heterocycles. The highest BCUT2D eigenvalue weighted by Crippen LogP contribution is 2.40. The molecule has 1 aliphatic carbocycles. The van der Waals surface area contributed by atoms with Crippen molar-refractivity contribution in [2.75, 3.05) is 5.73 Å². The van der Waals surface area contributed by atoms with Crippen molar-refractivity contribution in [3.05, 3.63) is 29.4 Å². The van der Waals surface area contributed by atoms with Crippen LogP contribution in [0, 0.1) is 0 Å². The molecule has 5 N–H and O–H groups in total. The maximum atomic E-state index is 13.0. The predicted octanol–water partition coefficient (Wildman–Crippen LogP) is 3.59. The molecule has 8 nitrogen and oxygen atoms in total. The van der Waals surface area contributed by atoms with Crippen LogP contribution in [0.25, 0.3) is 10.4 Å². The number of hydrogen-bond donors (Lipinski definition) is 3. The third-order valence-corrected chi connectivity index (χ3v) is 7.82. The predicted molar refractivity (Wildman–Crippen MR) is 118 cm³/mol. The second kappa shape index (κ2) is 8.52. The Balaban J connectivity index is 1.85. The maximum Gasteiger partial charge on any atom is 0.404 e. The van der Waals surface area contributed by atoms with Gasteiger partial charge in [-0.2, -0.15) is 0 Å². The van der Waals surface area contributed by atoms with Gasteiger partial charge in [-0.15, -0.1) is 11.3 Å². The van der Waals surface area contributed by atoms with Gasteiger partial charge in [-0.1, -0.05) is 6.07 Å². The van der Waals surface area contributed by atoms with E-state index in [1.54, 1.807) is 39.1 Å². The summed E-state index contributed by atoms with van der Waals surface area (Å²) in [6.07, 6.45) is 3.98. The van der Waals surface area contributed by atoms with Crippen LogP contribution in [-0.2, 0) is 14.8 Å². The monoisotopic (exact) mass is 452 g/mol. The summed E-state index contributed by atoms with van der Waals surface area (Å²) < 4.78 is 33.8. The van der Waals surface area contributed by atoms with Gasteiger partial charge in [0.15, 0.2) is 0 Å². The van der Waals surface area contributed by atoms with E-state index in [4.69, 9.17) is 16.2 Å². The Morgan fingerprint density at radius 1 is 1.23 bits per heavy atom. The maximum absolute atomic E-state index is 13.0. The van der Waals surface area contributed by atoms with Crippen LogP contribution in [0.3, 0.4) is 0 Å². The lowest BCUT2D eigenvalue weighted by molar-refractivity contribution is 0.0787. The van der Waals surface area contributed by atoms with Gasteiger partial charge < -0.3 is 16.2 Å². The molecule has 0 radical (unpaired) electrons. The number of benzene rings is 1. The standard InChI is InChI=1S/C20H28N4O4S2/c1-20(2,3)24-30(26,27)17-10-13(21)6-9-15(17)16-11-23-18(29-16)12-4-7-14(8-5-12)28-19(22)25/h6,9-12,14,24H,4-5,7-8,21H2,1-3H3,(H2,22,25)/t12-,14-. The molecule has 0 spiro atoms. The third-order valence-electron chi connectivity index (χ3n) is 4.83. The van der Waals surface area contributed by atoms with E-state index in [9.17, 15) is 13.2 Å². The minimum atomic E-state index is -3.77. The van der Waals surface area contributed by atoms with E-state index in [0.717, 1.165) is 35.6 Å². The third kappa shape index (κ3) is 5.50. The van der Waals surface area contributed by atoms with Crippen LogP contribution < -0.4 is 16.2 Å². The second-order valence-electron chi connectivity index (χ2n) is 8.58. The van der Waals surface area contributed by atoms with Crippen LogP contribution in [0.2, 0.25) is 0 Å². The summed E-state index contributed by atoms with van der Waals surface area (Å²) in [5, 5.41) is 0.950. The van der Waals surface area contributed by atoms with E-state index in [0.29, 0.717) is 11.3 Å². The fourth-order valence-electron chi connectivity index (χ4n) is 3.62. The van der Waals surface area contributed by atoms with Gasteiger partial charge >= 0.3 is 6.09 Å². The first-order valence-electron chi connectivity index (χ1n) is 9.80. The van der Waals surface area contributed by atoms with E-state index >= 15 is 0 Å². The Hall–Kier alpha value is -2.17. The zero-order valence-corrected chi connectivity index (χ0v) is 19.0. The van der Waals surface area contributed by atoms with E-state index in [1.807, 2.05) is 0 Å². The number of sulfonamides is 1. The van der Waals surface area contributed by atoms with Gasteiger partial charge in [-0.05, 0) is 58.6 Å². The summed E-state index contributed by atoms with van der Waals surface area (Å²) in [7, 11) is -3.77. The first-order valence-corrected chi connectivity index (χ1v) is 12.1. The van der Waals surface area contributed by atoms with Crippen LogP contribution in [0.15, 0.2) is 29.3 Å². The van der Waals surface area contributed by atoms with E-state index in [-0.39, 0.29) is 16.9 Å².